The number of nitrogens with zero attached hydrogens (tertiary/aromatic N) is 3. The van der Waals surface area contributed by atoms with Crippen LogP contribution in [0.25, 0.3) is 17.0 Å². The van der Waals surface area contributed by atoms with E-state index < -0.39 is 12.0 Å². The van der Waals surface area contributed by atoms with Crippen molar-refractivity contribution in [1.82, 2.24) is 9.13 Å². The Balaban J connectivity index is 1.59. The van der Waals surface area contributed by atoms with Gasteiger partial charge in [0.25, 0.3) is 5.56 Å². The fraction of sp³-hybridized carbons (Fsp3) is 0.182. The average Bonchev–Trinajstić information content (AvgIpc) is 3.45. The second-order valence-corrected chi connectivity index (χ2v) is 12.0. The maximum Gasteiger partial charge on any atom is 0.338 e. The van der Waals surface area contributed by atoms with E-state index >= 15 is 0 Å². The number of methoxy groups -OCH3 is 2. The van der Waals surface area contributed by atoms with Crippen molar-refractivity contribution in [2.24, 2.45) is 4.99 Å². The summed E-state index contributed by atoms with van der Waals surface area (Å²) in [6.45, 7) is 4.36. The molecule has 1 atom stereocenters. The van der Waals surface area contributed by atoms with Gasteiger partial charge in [0.15, 0.2) is 4.80 Å². The summed E-state index contributed by atoms with van der Waals surface area (Å²) in [5, 5.41) is 2.15. The number of fused-ring (bicyclic) bond motifs is 2. The molecule has 0 amide bonds. The van der Waals surface area contributed by atoms with Gasteiger partial charge in [-0.15, -0.1) is 0 Å². The molecule has 0 unspecified atom stereocenters. The molecular weight excluding hydrogens is 605 g/mol. The van der Waals surface area contributed by atoms with E-state index in [2.05, 4.69) is 15.6 Å². The normalized spacial score (nSPS) is 15.0. The summed E-state index contributed by atoms with van der Waals surface area (Å²) in [7, 11) is 2.84. The fourth-order valence-electron chi connectivity index (χ4n) is 5.68. The lowest BCUT2D eigenvalue weighted by molar-refractivity contribution is -0.136. The molecule has 10 heteroatoms. The Morgan fingerprint density at radius 2 is 1.79 bits per heavy atom. The van der Waals surface area contributed by atoms with Crippen molar-refractivity contribution in [3.05, 3.63) is 130 Å². The lowest BCUT2D eigenvalue weighted by Gasteiger charge is -2.25. The Hall–Kier alpha value is -4.11. The van der Waals surface area contributed by atoms with Crippen molar-refractivity contribution >= 4 is 57.5 Å². The van der Waals surface area contributed by atoms with E-state index in [9.17, 15) is 9.59 Å². The van der Waals surface area contributed by atoms with Crippen LogP contribution in [0.2, 0.25) is 10.0 Å². The van der Waals surface area contributed by atoms with E-state index in [1.165, 1.54) is 30.1 Å². The minimum atomic E-state index is -0.845. The van der Waals surface area contributed by atoms with E-state index in [4.69, 9.17) is 32.7 Å². The van der Waals surface area contributed by atoms with Crippen LogP contribution in [0.1, 0.15) is 35.3 Å². The number of para-hydroxylation sites is 1. The van der Waals surface area contributed by atoms with Crippen LogP contribution in [0.3, 0.4) is 0 Å². The van der Waals surface area contributed by atoms with Gasteiger partial charge in [0, 0.05) is 44.3 Å². The molecule has 3 heterocycles. The molecule has 6 rings (SSSR count). The van der Waals surface area contributed by atoms with Gasteiger partial charge < -0.3 is 14.0 Å². The molecule has 1 aliphatic rings. The lowest BCUT2D eigenvalue weighted by atomic mass is 9.95. The molecule has 5 aromatic rings. The highest BCUT2D eigenvalue weighted by Crippen LogP contribution is 2.37. The summed E-state index contributed by atoms with van der Waals surface area (Å²) in [4.78, 5) is 32.5. The largest absolute Gasteiger partial charge is 0.496 e. The quantitative estimate of drug-likeness (QED) is 0.214. The Morgan fingerprint density at radius 1 is 1.05 bits per heavy atom. The molecule has 0 aliphatic carbocycles. The third-order valence-corrected chi connectivity index (χ3v) is 9.34. The van der Waals surface area contributed by atoms with Crippen molar-refractivity contribution in [3.63, 3.8) is 0 Å². The van der Waals surface area contributed by atoms with Crippen LogP contribution in [0, 0.1) is 6.92 Å². The zero-order valence-corrected chi connectivity index (χ0v) is 26.2. The average molecular weight is 633 g/mol. The van der Waals surface area contributed by atoms with Gasteiger partial charge in [-0.3, -0.25) is 9.36 Å². The van der Waals surface area contributed by atoms with E-state index in [0.29, 0.717) is 42.9 Å². The van der Waals surface area contributed by atoms with Crippen molar-refractivity contribution in [2.45, 2.75) is 26.4 Å². The van der Waals surface area contributed by atoms with E-state index in [0.717, 1.165) is 27.7 Å². The number of thiazole rings is 1. The van der Waals surface area contributed by atoms with Gasteiger partial charge in [-0.2, -0.15) is 0 Å². The van der Waals surface area contributed by atoms with Crippen LogP contribution in [0.15, 0.2) is 87.8 Å². The Kier molecular flexibility index (Phi) is 7.77. The van der Waals surface area contributed by atoms with Crippen LogP contribution in [-0.4, -0.2) is 29.3 Å². The summed E-state index contributed by atoms with van der Waals surface area (Å²) in [6.07, 6.45) is 1.91. The molecule has 43 heavy (non-hydrogen) atoms. The zero-order chi connectivity index (χ0) is 30.4. The zero-order valence-electron chi connectivity index (χ0n) is 23.9. The fourth-order valence-corrected chi connectivity index (χ4v) is 7.08. The summed E-state index contributed by atoms with van der Waals surface area (Å²) < 4.78 is 15.0. The number of ether oxygens (including phenoxy) is 2. The number of allylic oxidation sites excluding steroid dienone is 1. The van der Waals surface area contributed by atoms with E-state index in [1.54, 1.807) is 25.1 Å². The number of benzene rings is 3. The Bertz CT molecular complexity index is 2140. The van der Waals surface area contributed by atoms with Crippen LogP contribution in [-0.2, 0) is 16.1 Å². The second kappa shape index (κ2) is 11.5. The van der Waals surface area contributed by atoms with E-state index in [1.807, 2.05) is 55.5 Å². The first-order chi connectivity index (χ1) is 20.7. The van der Waals surface area contributed by atoms with E-state index in [-0.39, 0.29) is 11.1 Å². The summed E-state index contributed by atoms with van der Waals surface area (Å²) in [5.41, 5.74) is 4.93. The molecule has 0 saturated carbocycles. The van der Waals surface area contributed by atoms with Gasteiger partial charge in [0.05, 0.1) is 30.0 Å². The Morgan fingerprint density at radius 3 is 2.53 bits per heavy atom. The number of halogens is 2. The third kappa shape index (κ3) is 4.99. The number of hydrogen-bond acceptors (Lipinski definition) is 6. The van der Waals surface area contributed by atoms with Crippen LogP contribution in [0.5, 0.6) is 5.75 Å². The number of hydrogen-bond donors (Lipinski definition) is 0. The standard InChI is InChI=1S/C33H27Cl2N3O4S/c1-18-29(32(40)42-4)30(24-15-21(34)13-14-27(24)41-3)38-31(39)28(43-33(38)36-18)16-23-19(2)37(26-12-8-6-10-22(23)26)17-20-9-5-7-11-25(20)35/h5-16,30H,17H2,1-4H3/b28-16-/t30-/m1/s1. The summed E-state index contributed by atoms with van der Waals surface area (Å²) in [6, 6.07) is 20.2. The first-order valence-corrected chi connectivity index (χ1v) is 15.1. The monoisotopic (exact) mass is 631 g/mol. The third-order valence-electron chi connectivity index (χ3n) is 7.75. The van der Waals surface area contributed by atoms with Crippen LogP contribution >= 0.6 is 34.5 Å². The highest BCUT2D eigenvalue weighted by atomic mass is 35.5. The summed E-state index contributed by atoms with van der Waals surface area (Å²) in [5.74, 6) is -0.0976. The maximum absolute atomic E-state index is 14.2. The first-order valence-electron chi connectivity index (χ1n) is 13.5. The van der Waals surface area contributed by atoms with Gasteiger partial charge in [0.1, 0.15) is 11.8 Å². The first kappa shape index (κ1) is 29.0. The highest BCUT2D eigenvalue weighted by Gasteiger charge is 2.35. The van der Waals surface area contributed by atoms with Gasteiger partial charge in [-0.05, 0) is 55.8 Å². The Labute approximate surface area is 261 Å². The second-order valence-electron chi connectivity index (χ2n) is 10.2. The molecule has 0 radical (unpaired) electrons. The van der Waals surface area contributed by atoms with Gasteiger partial charge in [-0.25, -0.2) is 9.79 Å². The molecule has 0 saturated heterocycles. The molecule has 3 aromatic carbocycles. The molecular formula is C33H27Cl2N3O4S. The molecule has 218 valence electrons. The SMILES string of the molecule is COC(=O)C1=C(C)N=c2s/c(=C\c3c(C)n(Cc4ccccc4Cl)c4ccccc34)c(=O)n2[C@@H]1c1cc(Cl)ccc1OC. The molecule has 0 spiro atoms. The molecule has 2 aromatic heterocycles. The van der Waals surface area contributed by atoms with Crippen molar-refractivity contribution in [1.29, 1.82) is 0 Å². The predicted molar refractivity (Wildman–Crippen MR) is 171 cm³/mol. The van der Waals surface area contributed by atoms with Crippen molar-refractivity contribution in [2.75, 3.05) is 14.2 Å². The topological polar surface area (TPSA) is 74.8 Å². The van der Waals surface area contributed by atoms with Crippen molar-refractivity contribution < 1.29 is 14.3 Å². The summed E-state index contributed by atoms with van der Waals surface area (Å²) >= 11 is 14.2. The number of esters is 1. The lowest BCUT2D eigenvalue weighted by Crippen LogP contribution is -2.40. The highest BCUT2D eigenvalue weighted by molar-refractivity contribution is 7.07. The molecule has 0 N–H and O–H groups in total. The number of rotatable bonds is 6. The number of aromatic nitrogens is 2. The molecule has 0 fully saturated rings. The molecule has 0 bridgehead atoms. The predicted octanol–water partition coefficient (Wildman–Crippen LogP) is 6.04. The number of carbonyl (C=O) groups excluding carboxylic acids is 1. The minimum absolute atomic E-state index is 0.245. The minimum Gasteiger partial charge on any atom is -0.496 e. The maximum atomic E-state index is 14.2. The van der Waals surface area contributed by atoms with Crippen LogP contribution < -0.4 is 19.6 Å². The van der Waals surface area contributed by atoms with Crippen LogP contribution in [0.4, 0.5) is 0 Å². The molecule has 1 aliphatic heterocycles. The van der Waals surface area contributed by atoms with Gasteiger partial charge >= 0.3 is 5.97 Å². The van der Waals surface area contributed by atoms with Gasteiger partial charge in [-0.1, -0.05) is 70.9 Å². The van der Waals surface area contributed by atoms with Gasteiger partial charge in [0.2, 0.25) is 0 Å². The molecule has 7 nitrogen and oxygen atoms in total. The smallest absolute Gasteiger partial charge is 0.338 e. The number of carbonyl (C=O) groups is 1. The van der Waals surface area contributed by atoms with Crippen molar-refractivity contribution in [3.8, 4) is 5.75 Å².